The zero-order valence-electron chi connectivity index (χ0n) is 17.8. The number of nitrogens with zero attached hydrogens (tertiary/aromatic N) is 5. The van der Waals surface area contributed by atoms with Gasteiger partial charge in [-0.05, 0) is 51.0 Å². The first-order valence-corrected chi connectivity index (χ1v) is 11.6. The summed E-state index contributed by atoms with van der Waals surface area (Å²) in [7, 11) is 0. The molecule has 5 rings (SSSR count). The van der Waals surface area contributed by atoms with Crippen LogP contribution in [0.1, 0.15) is 81.1 Å². The first-order chi connectivity index (χ1) is 14.6. The van der Waals surface area contributed by atoms with Crippen molar-refractivity contribution in [2.45, 2.75) is 76.3 Å². The van der Waals surface area contributed by atoms with Gasteiger partial charge in [-0.1, -0.05) is 19.8 Å². The number of rotatable bonds is 4. The summed E-state index contributed by atoms with van der Waals surface area (Å²) >= 11 is 0. The van der Waals surface area contributed by atoms with Gasteiger partial charge in [-0.15, -0.1) is 0 Å². The lowest BCUT2D eigenvalue weighted by Gasteiger charge is -2.44. The second-order valence-corrected chi connectivity index (χ2v) is 9.14. The van der Waals surface area contributed by atoms with E-state index in [1.54, 1.807) is 6.20 Å². The highest BCUT2D eigenvalue weighted by Gasteiger charge is 2.52. The monoisotopic (exact) mass is 409 g/mol. The lowest BCUT2D eigenvalue weighted by Crippen LogP contribution is -2.61. The van der Waals surface area contributed by atoms with Gasteiger partial charge in [-0.25, -0.2) is 9.97 Å². The number of fused-ring (bicyclic) bond motifs is 1. The van der Waals surface area contributed by atoms with Crippen LogP contribution in [0.25, 0.3) is 11.2 Å². The number of hydrogen-bond acceptors (Lipinski definition) is 4. The highest BCUT2D eigenvalue weighted by atomic mass is 16.2. The second kappa shape index (κ2) is 7.67. The first-order valence-electron chi connectivity index (χ1n) is 11.6. The molecule has 2 amide bonds. The summed E-state index contributed by atoms with van der Waals surface area (Å²) in [4.78, 5) is 39.8. The van der Waals surface area contributed by atoms with Gasteiger partial charge >= 0.3 is 0 Å². The Hall–Kier alpha value is -2.44. The van der Waals surface area contributed by atoms with Gasteiger partial charge in [0.25, 0.3) is 5.91 Å². The van der Waals surface area contributed by atoms with Gasteiger partial charge < -0.3 is 14.4 Å². The van der Waals surface area contributed by atoms with Gasteiger partial charge in [0.1, 0.15) is 11.1 Å². The lowest BCUT2D eigenvalue weighted by atomic mass is 9.85. The third kappa shape index (κ3) is 3.01. The molecule has 3 aliphatic rings. The highest BCUT2D eigenvalue weighted by molar-refractivity contribution is 6.01. The van der Waals surface area contributed by atoms with E-state index < -0.39 is 5.54 Å². The van der Waals surface area contributed by atoms with Gasteiger partial charge in [-0.2, -0.15) is 0 Å². The summed E-state index contributed by atoms with van der Waals surface area (Å²) in [6.45, 7) is 4.31. The summed E-state index contributed by atoms with van der Waals surface area (Å²) < 4.78 is 2.17. The number of piperidine rings is 1. The number of likely N-dealkylation sites (tertiary alicyclic amines) is 2. The normalized spacial score (nSPS) is 25.2. The number of pyridine rings is 1. The Morgan fingerprint density at radius 3 is 2.67 bits per heavy atom. The van der Waals surface area contributed by atoms with Crippen LogP contribution in [0.3, 0.4) is 0 Å². The number of aromatic nitrogens is 3. The molecule has 0 N–H and O–H groups in total. The number of imidazole rings is 1. The predicted octanol–water partition coefficient (Wildman–Crippen LogP) is 3.55. The van der Waals surface area contributed by atoms with Crippen molar-refractivity contribution in [3.63, 3.8) is 0 Å². The van der Waals surface area contributed by atoms with E-state index in [-0.39, 0.29) is 11.8 Å². The first kappa shape index (κ1) is 19.5. The maximum atomic E-state index is 13.5. The van der Waals surface area contributed by atoms with Crippen molar-refractivity contribution < 1.29 is 9.59 Å². The van der Waals surface area contributed by atoms with Crippen LogP contribution in [-0.2, 0) is 4.79 Å². The summed E-state index contributed by atoms with van der Waals surface area (Å²) in [5, 5.41) is 0. The van der Waals surface area contributed by atoms with E-state index in [2.05, 4.69) is 21.5 Å². The number of hydrogen-bond donors (Lipinski definition) is 0. The van der Waals surface area contributed by atoms with Gasteiger partial charge in [0.05, 0.1) is 11.9 Å². The standard InChI is InChI=1S/C23H31N5O2/c1-2-11-26-12-5-9-23(22(26)30)10-6-13-28(23)21(29)17-14-19-20(24-15-17)27(16-25-19)18-7-3-4-8-18/h14-16,18H,2-13H2,1H3. The molecule has 2 aliphatic heterocycles. The van der Waals surface area contributed by atoms with Crippen LogP contribution < -0.4 is 0 Å². The van der Waals surface area contributed by atoms with Gasteiger partial charge in [-0.3, -0.25) is 9.59 Å². The third-order valence-corrected chi connectivity index (χ3v) is 7.31. The van der Waals surface area contributed by atoms with Crippen LogP contribution in [0.4, 0.5) is 0 Å². The van der Waals surface area contributed by atoms with Crippen LogP contribution in [0, 0.1) is 0 Å². The molecule has 1 spiro atoms. The van der Waals surface area contributed by atoms with Crippen molar-refractivity contribution in [2.24, 2.45) is 0 Å². The van der Waals surface area contributed by atoms with E-state index in [0.717, 1.165) is 56.4 Å². The maximum Gasteiger partial charge on any atom is 0.256 e. The molecule has 160 valence electrons. The van der Waals surface area contributed by atoms with Gasteiger partial charge in [0, 0.05) is 31.9 Å². The van der Waals surface area contributed by atoms with E-state index in [1.807, 2.05) is 22.2 Å². The Kier molecular flexibility index (Phi) is 4.99. The van der Waals surface area contributed by atoms with Gasteiger partial charge in [0.15, 0.2) is 5.65 Å². The van der Waals surface area contributed by atoms with Crippen LogP contribution in [-0.4, -0.2) is 61.3 Å². The third-order valence-electron chi connectivity index (χ3n) is 7.31. The lowest BCUT2D eigenvalue weighted by molar-refractivity contribution is -0.145. The van der Waals surface area contributed by atoms with Crippen molar-refractivity contribution in [2.75, 3.05) is 19.6 Å². The number of carbonyl (C=O) groups excluding carboxylic acids is 2. The molecule has 1 atom stereocenters. The van der Waals surface area contributed by atoms with Crippen LogP contribution in [0.5, 0.6) is 0 Å². The van der Waals surface area contributed by atoms with E-state index in [1.165, 1.54) is 25.7 Å². The molecule has 3 fully saturated rings. The smallest absolute Gasteiger partial charge is 0.256 e. The Morgan fingerprint density at radius 2 is 1.90 bits per heavy atom. The van der Waals surface area contributed by atoms with Crippen molar-refractivity contribution in [3.05, 3.63) is 24.2 Å². The average molecular weight is 410 g/mol. The molecule has 7 nitrogen and oxygen atoms in total. The molecule has 30 heavy (non-hydrogen) atoms. The maximum absolute atomic E-state index is 13.5. The fraction of sp³-hybridized carbons (Fsp3) is 0.652. The van der Waals surface area contributed by atoms with Crippen LogP contribution in [0.2, 0.25) is 0 Å². The fourth-order valence-electron chi connectivity index (χ4n) is 5.85. The zero-order valence-corrected chi connectivity index (χ0v) is 17.8. The Balaban J connectivity index is 1.43. The summed E-state index contributed by atoms with van der Waals surface area (Å²) in [6, 6.07) is 2.33. The summed E-state index contributed by atoms with van der Waals surface area (Å²) in [6.07, 6.45) is 12.7. The van der Waals surface area contributed by atoms with Crippen LogP contribution >= 0.6 is 0 Å². The van der Waals surface area contributed by atoms with E-state index in [0.29, 0.717) is 18.2 Å². The minimum atomic E-state index is -0.664. The SMILES string of the molecule is CCCN1CCCC2(CCCN2C(=O)c2cnc3c(c2)ncn3C2CCCC2)C1=O. The molecule has 1 saturated carbocycles. The highest BCUT2D eigenvalue weighted by Crippen LogP contribution is 2.39. The summed E-state index contributed by atoms with van der Waals surface area (Å²) in [5.74, 6) is 0.0602. The molecule has 4 heterocycles. The van der Waals surface area contributed by atoms with Crippen molar-refractivity contribution >= 4 is 23.0 Å². The topological polar surface area (TPSA) is 71.3 Å². The van der Waals surface area contributed by atoms with Crippen molar-refractivity contribution in [1.82, 2.24) is 24.3 Å². The largest absolute Gasteiger partial charge is 0.341 e. The second-order valence-electron chi connectivity index (χ2n) is 9.14. The minimum Gasteiger partial charge on any atom is -0.341 e. The molecule has 1 aliphatic carbocycles. The summed E-state index contributed by atoms with van der Waals surface area (Å²) in [5.41, 5.74) is 1.50. The zero-order chi connectivity index (χ0) is 20.7. The van der Waals surface area contributed by atoms with Crippen molar-refractivity contribution in [3.8, 4) is 0 Å². The van der Waals surface area contributed by atoms with E-state index in [9.17, 15) is 9.59 Å². The molecular weight excluding hydrogens is 378 g/mol. The fourth-order valence-corrected chi connectivity index (χ4v) is 5.85. The molecule has 2 aromatic heterocycles. The molecule has 2 saturated heterocycles. The molecule has 7 heteroatoms. The van der Waals surface area contributed by atoms with E-state index in [4.69, 9.17) is 0 Å². The molecular formula is C23H31N5O2. The average Bonchev–Trinajstić information content (AvgIpc) is 3.50. The minimum absolute atomic E-state index is 0.0796. The Morgan fingerprint density at radius 1 is 1.13 bits per heavy atom. The number of amides is 2. The Labute approximate surface area is 177 Å². The quantitative estimate of drug-likeness (QED) is 0.774. The van der Waals surface area contributed by atoms with Crippen molar-refractivity contribution in [1.29, 1.82) is 0 Å². The van der Waals surface area contributed by atoms with Crippen LogP contribution in [0.15, 0.2) is 18.6 Å². The predicted molar refractivity (Wildman–Crippen MR) is 114 cm³/mol. The number of carbonyl (C=O) groups is 2. The van der Waals surface area contributed by atoms with Gasteiger partial charge in [0.2, 0.25) is 5.91 Å². The molecule has 2 aromatic rings. The molecule has 0 bridgehead atoms. The molecule has 0 aromatic carbocycles. The Bertz CT molecular complexity index is 962. The molecule has 1 unspecified atom stereocenters. The van der Waals surface area contributed by atoms with E-state index >= 15 is 0 Å². The molecule has 0 radical (unpaired) electrons.